The van der Waals surface area contributed by atoms with Crippen molar-refractivity contribution in [2.75, 3.05) is 0 Å². The molecular weight excluding hydrogens is 141 g/mol. The molecule has 1 N–H and O–H groups in total. The molecule has 1 aliphatic heterocycles. The van der Waals surface area contributed by atoms with Crippen LogP contribution in [-0.4, -0.2) is 17.2 Å². The van der Waals surface area contributed by atoms with Gasteiger partial charge >= 0.3 is 0 Å². The van der Waals surface area contributed by atoms with Gasteiger partial charge in [0.05, 0.1) is 0 Å². The monoisotopic (exact) mass is 159 g/mol. The second-order valence-electron chi connectivity index (χ2n) is 4.74. The highest BCUT2D eigenvalue weighted by Gasteiger charge is 2.39. The molecule has 0 unspecified atom stereocenters. The minimum absolute atomic E-state index is 0.103. The fourth-order valence-corrected chi connectivity index (χ4v) is 1.86. The lowest BCUT2D eigenvalue weighted by Gasteiger charge is -2.44. The standard InChI is InChI=1S/C9H18FN/c1-8(2)6-5-7(10)9(3,4)11-8/h7,11H,5-6H2,1-4H3/t7-/m1/s1. The minimum Gasteiger partial charge on any atom is -0.304 e. The first-order valence-electron chi connectivity index (χ1n) is 4.27. The molecule has 2 heteroatoms. The zero-order valence-corrected chi connectivity index (χ0v) is 7.87. The summed E-state index contributed by atoms with van der Waals surface area (Å²) in [5.74, 6) is 0. The predicted molar refractivity (Wildman–Crippen MR) is 45.4 cm³/mol. The third-order valence-corrected chi connectivity index (χ3v) is 2.47. The summed E-state index contributed by atoms with van der Waals surface area (Å²) in [5.41, 5.74) is -0.242. The van der Waals surface area contributed by atoms with Gasteiger partial charge in [-0.1, -0.05) is 0 Å². The number of rotatable bonds is 0. The normalized spacial score (nSPS) is 35.2. The molecule has 1 saturated heterocycles. The molecule has 0 aromatic carbocycles. The first-order valence-corrected chi connectivity index (χ1v) is 4.27. The van der Waals surface area contributed by atoms with Gasteiger partial charge in [-0.3, -0.25) is 0 Å². The van der Waals surface area contributed by atoms with Crippen LogP contribution in [-0.2, 0) is 0 Å². The largest absolute Gasteiger partial charge is 0.304 e. The van der Waals surface area contributed by atoms with Crippen LogP contribution < -0.4 is 5.32 Å². The molecule has 0 aliphatic carbocycles. The summed E-state index contributed by atoms with van der Waals surface area (Å²) in [6, 6.07) is 0. The Morgan fingerprint density at radius 3 is 2.18 bits per heavy atom. The lowest BCUT2D eigenvalue weighted by atomic mass is 9.81. The van der Waals surface area contributed by atoms with E-state index < -0.39 is 6.17 Å². The molecule has 1 rings (SSSR count). The Balaban J connectivity index is 2.67. The second-order valence-corrected chi connectivity index (χ2v) is 4.74. The Morgan fingerprint density at radius 1 is 1.27 bits per heavy atom. The first-order chi connectivity index (χ1) is 4.83. The van der Waals surface area contributed by atoms with Gasteiger partial charge in [0.2, 0.25) is 0 Å². The average Bonchev–Trinajstić information content (AvgIpc) is 1.77. The van der Waals surface area contributed by atoms with E-state index in [1.165, 1.54) is 0 Å². The Kier molecular flexibility index (Phi) is 1.99. The second kappa shape index (κ2) is 2.44. The molecule has 1 atom stereocenters. The maximum absolute atomic E-state index is 13.2. The molecule has 0 spiro atoms. The highest BCUT2D eigenvalue weighted by Crippen LogP contribution is 2.30. The molecule has 0 saturated carbocycles. The summed E-state index contributed by atoms with van der Waals surface area (Å²) >= 11 is 0. The van der Waals surface area contributed by atoms with Crippen LogP contribution in [0.4, 0.5) is 4.39 Å². The maximum atomic E-state index is 13.2. The van der Waals surface area contributed by atoms with Gasteiger partial charge in [-0.2, -0.15) is 0 Å². The zero-order valence-electron chi connectivity index (χ0n) is 7.87. The molecule has 0 aromatic heterocycles. The van der Waals surface area contributed by atoms with Crippen LogP contribution in [0.2, 0.25) is 0 Å². The van der Waals surface area contributed by atoms with Crippen molar-refractivity contribution in [2.45, 2.75) is 57.8 Å². The van der Waals surface area contributed by atoms with E-state index in [1.807, 2.05) is 13.8 Å². The summed E-state index contributed by atoms with van der Waals surface area (Å²) in [4.78, 5) is 0. The molecular formula is C9H18FN. The van der Waals surface area contributed by atoms with Gasteiger partial charge in [0.1, 0.15) is 6.17 Å². The maximum Gasteiger partial charge on any atom is 0.118 e. The molecule has 1 nitrogen and oxygen atoms in total. The summed E-state index contributed by atoms with van der Waals surface area (Å²) in [5, 5.41) is 3.31. The first kappa shape index (κ1) is 8.98. The van der Waals surface area contributed by atoms with Gasteiger partial charge in [-0.25, -0.2) is 4.39 Å². The van der Waals surface area contributed by atoms with E-state index in [9.17, 15) is 4.39 Å². The quantitative estimate of drug-likeness (QED) is 0.571. The molecule has 66 valence electrons. The van der Waals surface area contributed by atoms with Crippen molar-refractivity contribution in [3.8, 4) is 0 Å². The van der Waals surface area contributed by atoms with Crippen LogP contribution in [0.5, 0.6) is 0 Å². The molecule has 0 amide bonds. The zero-order chi connectivity index (χ0) is 8.70. The molecule has 0 radical (unpaired) electrons. The van der Waals surface area contributed by atoms with E-state index in [0.717, 1.165) is 6.42 Å². The predicted octanol–water partition coefficient (Wildman–Crippen LogP) is 2.27. The third-order valence-electron chi connectivity index (χ3n) is 2.47. The fraction of sp³-hybridized carbons (Fsp3) is 1.00. The minimum atomic E-state index is -0.699. The van der Waals surface area contributed by atoms with Crippen LogP contribution in [0.15, 0.2) is 0 Å². The Bertz CT molecular complexity index is 152. The topological polar surface area (TPSA) is 12.0 Å². The summed E-state index contributed by atoms with van der Waals surface area (Å²) in [7, 11) is 0. The fourth-order valence-electron chi connectivity index (χ4n) is 1.86. The molecule has 1 fully saturated rings. The third kappa shape index (κ3) is 1.92. The van der Waals surface area contributed by atoms with Crippen molar-refractivity contribution >= 4 is 0 Å². The van der Waals surface area contributed by atoms with E-state index in [-0.39, 0.29) is 11.1 Å². The smallest absolute Gasteiger partial charge is 0.118 e. The van der Waals surface area contributed by atoms with E-state index in [0.29, 0.717) is 6.42 Å². The highest BCUT2D eigenvalue weighted by molar-refractivity contribution is 4.98. The molecule has 1 heterocycles. The van der Waals surface area contributed by atoms with E-state index >= 15 is 0 Å². The van der Waals surface area contributed by atoms with Gasteiger partial charge in [0.25, 0.3) is 0 Å². The number of piperidine rings is 1. The summed E-state index contributed by atoms with van der Waals surface area (Å²) in [6.07, 6.45) is 0.917. The lowest BCUT2D eigenvalue weighted by molar-refractivity contribution is 0.0777. The molecule has 0 bridgehead atoms. The van der Waals surface area contributed by atoms with Crippen LogP contribution in [0, 0.1) is 0 Å². The van der Waals surface area contributed by atoms with Crippen LogP contribution >= 0.6 is 0 Å². The van der Waals surface area contributed by atoms with Crippen molar-refractivity contribution in [2.24, 2.45) is 0 Å². The number of hydrogen-bond donors (Lipinski definition) is 1. The Morgan fingerprint density at radius 2 is 1.82 bits per heavy atom. The van der Waals surface area contributed by atoms with Crippen molar-refractivity contribution in [1.29, 1.82) is 0 Å². The summed E-state index contributed by atoms with van der Waals surface area (Å²) in [6.45, 7) is 8.11. The van der Waals surface area contributed by atoms with Gasteiger partial charge in [0, 0.05) is 11.1 Å². The van der Waals surface area contributed by atoms with Crippen molar-refractivity contribution in [3.63, 3.8) is 0 Å². The Hall–Kier alpha value is -0.110. The highest BCUT2D eigenvalue weighted by atomic mass is 19.1. The Labute approximate surface area is 68.4 Å². The number of alkyl halides is 1. The number of halogens is 1. The van der Waals surface area contributed by atoms with E-state index in [1.54, 1.807) is 0 Å². The average molecular weight is 159 g/mol. The van der Waals surface area contributed by atoms with Gasteiger partial charge in [0.15, 0.2) is 0 Å². The van der Waals surface area contributed by atoms with E-state index in [2.05, 4.69) is 19.2 Å². The number of nitrogens with one attached hydrogen (secondary N) is 1. The van der Waals surface area contributed by atoms with Crippen LogP contribution in [0.3, 0.4) is 0 Å². The lowest BCUT2D eigenvalue weighted by Crippen LogP contribution is -2.60. The molecule has 0 aromatic rings. The van der Waals surface area contributed by atoms with Crippen molar-refractivity contribution < 1.29 is 4.39 Å². The van der Waals surface area contributed by atoms with Crippen LogP contribution in [0.1, 0.15) is 40.5 Å². The van der Waals surface area contributed by atoms with E-state index in [4.69, 9.17) is 0 Å². The van der Waals surface area contributed by atoms with Gasteiger partial charge in [-0.05, 0) is 40.5 Å². The number of hydrogen-bond acceptors (Lipinski definition) is 1. The van der Waals surface area contributed by atoms with Crippen molar-refractivity contribution in [3.05, 3.63) is 0 Å². The van der Waals surface area contributed by atoms with Gasteiger partial charge < -0.3 is 5.32 Å². The van der Waals surface area contributed by atoms with Crippen LogP contribution in [0.25, 0.3) is 0 Å². The summed E-state index contributed by atoms with van der Waals surface area (Å²) < 4.78 is 13.2. The molecule has 1 aliphatic rings. The van der Waals surface area contributed by atoms with Gasteiger partial charge in [-0.15, -0.1) is 0 Å². The SMILES string of the molecule is CC1(C)CC[C@@H](F)C(C)(C)N1. The molecule has 11 heavy (non-hydrogen) atoms. The van der Waals surface area contributed by atoms with Crippen molar-refractivity contribution in [1.82, 2.24) is 5.32 Å².